The van der Waals surface area contributed by atoms with Gasteiger partial charge in [-0.3, -0.25) is 10.1 Å². The molecule has 1 aromatic heterocycles. The molecule has 0 saturated carbocycles. The zero-order valence-electron chi connectivity index (χ0n) is 10.6. The highest BCUT2D eigenvalue weighted by Gasteiger charge is 2.35. The van der Waals surface area contributed by atoms with Gasteiger partial charge in [0.15, 0.2) is 0 Å². The number of aromatic nitrogens is 1. The highest BCUT2D eigenvalue weighted by Crippen LogP contribution is 2.30. The Kier molecular flexibility index (Phi) is 3.01. The molecule has 1 N–H and O–H groups in total. The Hall–Kier alpha value is -2.22. The van der Waals surface area contributed by atoms with Crippen molar-refractivity contribution >= 4 is 17.5 Å². The minimum atomic E-state index is -1.32. The molecule has 3 heterocycles. The van der Waals surface area contributed by atoms with E-state index in [1.165, 1.54) is 6.07 Å². The molecule has 106 valence electrons. The molecule has 1 aromatic rings. The van der Waals surface area contributed by atoms with Crippen molar-refractivity contribution in [2.24, 2.45) is 0 Å². The third-order valence-electron chi connectivity index (χ3n) is 3.66. The summed E-state index contributed by atoms with van der Waals surface area (Å²) in [4.78, 5) is 27.2. The molecular formula is C12H13N3O5. The maximum absolute atomic E-state index is 11.1. The molecule has 3 rings (SSSR count). The van der Waals surface area contributed by atoms with E-state index in [1.807, 2.05) is 4.90 Å². The lowest BCUT2D eigenvalue weighted by Crippen LogP contribution is -2.43. The number of morpholine rings is 1. The molecule has 2 unspecified atom stereocenters. The first kappa shape index (κ1) is 12.8. The van der Waals surface area contributed by atoms with Gasteiger partial charge < -0.3 is 14.7 Å². The number of nitro groups is 1. The Morgan fingerprint density at radius 2 is 2.10 bits per heavy atom. The van der Waals surface area contributed by atoms with Gasteiger partial charge in [-0.05, 0) is 12.8 Å². The van der Waals surface area contributed by atoms with Gasteiger partial charge in [0.1, 0.15) is 17.6 Å². The SMILES string of the molecule is O=C(O)c1cc(N2CC3CCC(C2)O3)ncc1[N+](=O)[O-]. The summed E-state index contributed by atoms with van der Waals surface area (Å²) in [6.07, 6.45) is 3.26. The average molecular weight is 279 g/mol. The summed E-state index contributed by atoms with van der Waals surface area (Å²) in [5, 5.41) is 19.9. The molecule has 2 aliphatic heterocycles. The van der Waals surface area contributed by atoms with Gasteiger partial charge in [-0.25, -0.2) is 9.78 Å². The Morgan fingerprint density at radius 3 is 2.65 bits per heavy atom. The summed E-state index contributed by atoms with van der Waals surface area (Å²) >= 11 is 0. The second kappa shape index (κ2) is 4.71. The lowest BCUT2D eigenvalue weighted by molar-refractivity contribution is -0.385. The molecule has 2 aliphatic rings. The van der Waals surface area contributed by atoms with Gasteiger partial charge in [-0.15, -0.1) is 0 Å². The Balaban J connectivity index is 1.92. The molecular weight excluding hydrogens is 266 g/mol. The predicted molar refractivity (Wildman–Crippen MR) is 68.0 cm³/mol. The number of carboxylic acids is 1. The number of rotatable bonds is 3. The number of pyridine rings is 1. The first-order chi connectivity index (χ1) is 9.54. The topological polar surface area (TPSA) is 106 Å². The summed E-state index contributed by atoms with van der Waals surface area (Å²) in [6.45, 7) is 1.28. The number of ether oxygens (including phenoxy) is 1. The first-order valence-electron chi connectivity index (χ1n) is 6.32. The monoisotopic (exact) mass is 279 g/mol. The van der Waals surface area contributed by atoms with Gasteiger partial charge in [0.05, 0.1) is 17.1 Å². The molecule has 8 heteroatoms. The van der Waals surface area contributed by atoms with E-state index in [0.717, 1.165) is 19.0 Å². The van der Waals surface area contributed by atoms with Crippen LogP contribution in [-0.2, 0) is 4.74 Å². The fourth-order valence-corrected chi connectivity index (χ4v) is 2.73. The zero-order chi connectivity index (χ0) is 14.3. The fraction of sp³-hybridized carbons (Fsp3) is 0.500. The Morgan fingerprint density at radius 1 is 1.45 bits per heavy atom. The highest BCUT2D eigenvalue weighted by molar-refractivity contribution is 5.93. The van der Waals surface area contributed by atoms with Crippen LogP contribution in [0.5, 0.6) is 0 Å². The molecule has 2 bridgehead atoms. The van der Waals surface area contributed by atoms with E-state index < -0.39 is 16.6 Å². The van der Waals surface area contributed by atoms with E-state index >= 15 is 0 Å². The molecule has 0 spiro atoms. The van der Waals surface area contributed by atoms with E-state index in [4.69, 9.17) is 9.84 Å². The zero-order valence-corrected chi connectivity index (χ0v) is 10.6. The molecule has 8 nitrogen and oxygen atoms in total. The third kappa shape index (κ3) is 2.18. The van der Waals surface area contributed by atoms with Crippen LogP contribution in [0.25, 0.3) is 0 Å². The second-order valence-electron chi connectivity index (χ2n) is 4.98. The predicted octanol–water partition coefficient (Wildman–Crippen LogP) is 1.06. The first-order valence-corrected chi connectivity index (χ1v) is 6.32. The lowest BCUT2D eigenvalue weighted by Gasteiger charge is -2.32. The van der Waals surface area contributed by atoms with Crippen molar-refractivity contribution in [1.29, 1.82) is 0 Å². The van der Waals surface area contributed by atoms with Crippen LogP contribution < -0.4 is 4.90 Å². The number of carbonyl (C=O) groups is 1. The van der Waals surface area contributed by atoms with Crippen molar-refractivity contribution in [2.45, 2.75) is 25.0 Å². The molecule has 20 heavy (non-hydrogen) atoms. The molecule has 2 saturated heterocycles. The fourth-order valence-electron chi connectivity index (χ4n) is 2.73. The standard InChI is InChI=1S/C12H13N3O5/c16-12(17)9-3-11(13-4-10(9)15(18)19)14-5-7-1-2-8(6-14)20-7/h3-4,7-8H,1-2,5-6H2,(H,16,17). The van der Waals surface area contributed by atoms with Crippen molar-refractivity contribution < 1.29 is 19.6 Å². The number of hydrogen-bond donors (Lipinski definition) is 1. The lowest BCUT2D eigenvalue weighted by atomic mass is 10.2. The number of carboxylic acid groups (broad SMARTS) is 1. The van der Waals surface area contributed by atoms with Crippen molar-refractivity contribution in [3.8, 4) is 0 Å². The van der Waals surface area contributed by atoms with E-state index in [9.17, 15) is 14.9 Å². The van der Waals surface area contributed by atoms with Gasteiger partial charge in [0, 0.05) is 19.2 Å². The molecule has 0 aliphatic carbocycles. The van der Waals surface area contributed by atoms with Crippen LogP contribution in [-0.4, -0.2) is 46.3 Å². The summed E-state index contributed by atoms with van der Waals surface area (Å²) in [6, 6.07) is 1.27. The minimum absolute atomic E-state index is 0.138. The molecule has 0 aromatic carbocycles. The second-order valence-corrected chi connectivity index (χ2v) is 4.98. The molecule has 0 amide bonds. The number of hydrogen-bond acceptors (Lipinski definition) is 6. The summed E-state index contributed by atoms with van der Waals surface area (Å²) in [5.74, 6) is -0.871. The van der Waals surface area contributed by atoms with Crippen LogP contribution in [0, 0.1) is 10.1 Å². The Labute approximate surface area is 114 Å². The average Bonchev–Trinajstić information content (AvgIpc) is 2.76. The molecule has 2 atom stereocenters. The van der Waals surface area contributed by atoms with Crippen molar-refractivity contribution in [3.63, 3.8) is 0 Å². The Bertz CT molecular complexity index is 564. The van der Waals surface area contributed by atoms with Crippen LogP contribution >= 0.6 is 0 Å². The van der Waals surface area contributed by atoms with Crippen LogP contribution in [0.1, 0.15) is 23.2 Å². The third-order valence-corrected chi connectivity index (χ3v) is 3.66. The number of nitrogens with zero attached hydrogens (tertiary/aromatic N) is 3. The van der Waals surface area contributed by atoms with Gasteiger partial charge >= 0.3 is 11.7 Å². The maximum Gasteiger partial charge on any atom is 0.342 e. The summed E-state index contributed by atoms with van der Waals surface area (Å²) in [5.41, 5.74) is -0.823. The summed E-state index contributed by atoms with van der Waals surface area (Å²) in [7, 11) is 0. The van der Waals surface area contributed by atoms with Crippen LogP contribution in [0.4, 0.5) is 11.5 Å². The van der Waals surface area contributed by atoms with Crippen LogP contribution in [0.15, 0.2) is 12.3 Å². The smallest absolute Gasteiger partial charge is 0.342 e. The quantitative estimate of drug-likeness (QED) is 0.651. The van der Waals surface area contributed by atoms with Gasteiger partial charge in [0.25, 0.3) is 0 Å². The highest BCUT2D eigenvalue weighted by atomic mass is 16.6. The van der Waals surface area contributed by atoms with Gasteiger partial charge in [-0.2, -0.15) is 0 Å². The van der Waals surface area contributed by atoms with Crippen molar-refractivity contribution in [2.75, 3.05) is 18.0 Å². The maximum atomic E-state index is 11.1. The van der Waals surface area contributed by atoms with E-state index in [2.05, 4.69) is 4.98 Å². The van der Waals surface area contributed by atoms with Crippen molar-refractivity contribution in [1.82, 2.24) is 4.98 Å². The number of fused-ring (bicyclic) bond motifs is 2. The molecule has 0 radical (unpaired) electrons. The number of anilines is 1. The van der Waals surface area contributed by atoms with Gasteiger partial charge in [-0.1, -0.05) is 0 Å². The van der Waals surface area contributed by atoms with Crippen LogP contribution in [0.3, 0.4) is 0 Å². The van der Waals surface area contributed by atoms with Gasteiger partial charge in [0.2, 0.25) is 0 Å². The van der Waals surface area contributed by atoms with Crippen molar-refractivity contribution in [3.05, 3.63) is 27.9 Å². The van der Waals surface area contributed by atoms with Crippen LogP contribution in [0.2, 0.25) is 0 Å². The van der Waals surface area contributed by atoms with E-state index in [0.29, 0.717) is 18.9 Å². The molecule has 2 fully saturated rings. The van der Waals surface area contributed by atoms with E-state index in [-0.39, 0.29) is 17.8 Å². The largest absolute Gasteiger partial charge is 0.477 e. The van der Waals surface area contributed by atoms with E-state index in [1.54, 1.807) is 0 Å². The normalized spacial score (nSPS) is 24.7. The number of aromatic carboxylic acids is 1. The summed E-state index contributed by atoms with van der Waals surface area (Å²) < 4.78 is 5.69. The minimum Gasteiger partial charge on any atom is -0.477 e.